The standard InChI is InChI=1S/C16H14F3NO4/c17-16(18,19)11-5-3-10(4-6-11)2-1-9-20-14(21)12-7-8-13(24-12)15(22)23/h3-6,12-13H,7-9H2,(H,20,21)(H,22,23)/t12-,13+/m0/s1. The van der Waals surface area contributed by atoms with E-state index >= 15 is 0 Å². The number of rotatable bonds is 3. The highest BCUT2D eigenvalue weighted by molar-refractivity contribution is 5.82. The van der Waals surface area contributed by atoms with Crippen LogP contribution in [0.15, 0.2) is 24.3 Å². The normalized spacial score (nSPS) is 20.1. The third-order valence-corrected chi connectivity index (χ3v) is 3.38. The van der Waals surface area contributed by atoms with E-state index in [9.17, 15) is 22.8 Å². The van der Waals surface area contributed by atoms with Crippen molar-refractivity contribution in [3.63, 3.8) is 0 Å². The summed E-state index contributed by atoms with van der Waals surface area (Å²) in [6.45, 7) is -0.0164. The highest BCUT2D eigenvalue weighted by atomic mass is 19.4. The van der Waals surface area contributed by atoms with Crippen molar-refractivity contribution in [2.45, 2.75) is 31.2 Å². The lowest BCUT2D eigenvalue weighted by molar-refractivity contribution is -0.151. The van der Waals surface area contributed by atoms with Gasteiger partial charge in [0.05, 0.1) is 12.1 Å². The van der Waals surface area contributed by atoms with Crippen LogP contribution in [0.4, 0.5) is 13.2 Å². The number of carbonyl (C=O) groups is 2. The van der Waals surface area contributed by atoms with E-state index in [-0.39, 0.29) is 13.0 Å². The number of nitrogens with one attached hydrogen (secondary N) is 1. The molecule has 128 valence electrons. The van der Waals surface area contributed by atoms with Gasteiger partial charge in [0, 0.05) is 5.56 Å². The predicted molar refractivity (Wildman–Crippen MR) is 76.9 cm³/mol. The Morgan fingerprint density at radius 3 is 2.38 bits per heavy atom. The van der Waals surface area contributed by atoms with Crippen molar-refractivity contribution >= 4 is 11.9 Å². The van der Waals surface area contributed by atoms with Gasteiger partial charge in [-0.3, -0.25) is 4.79 Å². The summed E-state index contributed by atoms with van der Waals surface area (Å²) in [5, 5.41) is 11.3. The van der Waals surface area contributed by atoms with Crippen molar-refractivity contribution < 1.29 is 32.6 Å². The number of alkyl halides is 3. The molecule has 1 amide bonds. The predicted octanol–water partition coefficient (Wildman–Crippen LogP) is 1.81. The van der Waals surface area contributed by atoms with Gasteiger partial charge in [-0.25, -0.2) is 4.79 Å². The summed E-state index contributed by atoms with van der Waals surface area (Å²) in [6.07, 6.45) is -5.60. The maximum absolute atomic E-state index is 12.4. The first-order chi connectivity index (χ1) is 11.3. The highest BCUT2D eigenvalue weighted by Gasteiger charge is 2.34. The molecule has 0 unspecified atom stereocenters. The van der Waals surface area contributed by atoms with E-state index in [4.69, 9.17) is 9.84 Å². The smallest absolute Gasteiger partial charge is 0.416 e. The van der Waals surface area contributed by atoms with Crippen LogP contribution in [0.3, 0.4) is 0 Å². The molecule has 2 rings (SSSR count). The second kappa shape index (κ2) is 7.36. The Labute approximate surface area is 135 Å². The van der Waals surface area contributed by atoms with E-state index in [2.05, 4.69) is 17.2 Å². The Balaban J connectivity index is 1.81. The Morgan fingerprint density at radius 2 is 1.83 bits per heavy atom. The fourth-order valence-corrected chi connectivity index (χ4v) is 2.15. The van der Waals surface area contributed by atoms with Crippen LogP contribution in [-0.4, -0.2) is 35.7 Å². The second-order valence-corrected chi connectivity index (χ2v) is 5.12. The molecule has 1 aliphatic heterocycles. The molecule has 1 heterocycles. The zero-order chi connectivity index (χ0) is 17.7. The fraction of sp³-hybridized carbons (Fsp3) is 0.375. The fourth-order valence-electron chi connectivity index (χ4n) is 2.15. The molecule has 2 N–H and O–H groups in total. The van der Waals surface area contributed by atoms with Crippen molar-refractivity contribution in [1.82, 2.24) is 5.32 Å². The summed E-state index contributed by atoms with van der Waals surface area (Å²) >= 11 is 0. The van der Waals surface area contributed by atoms with Crippen molar-refractivity contribution in [2.75, 3.05) is 6.54 Å². The van der Waals surface area contributed by atoms with E-state index in [0.717, 1.165) is 12.1 Å². The van der Waals surface area contributed by atoms with E-state index in [1.807, 2.05) is 0 Å². The minimum atomic E-state index is -4.39. The summed E-state index contributed by atoms with van der Waals surface area (Å²) < 4.78 is 42.3. The summed E-state index contributed by atoms with van der Waals surface area (Å²) in [4.78, 5) is 22.5. The number of carboxylic acids is 1. The van der Waals surface area contributed by atoms with E-state index < -0.39 is 35.8 Å². The summed E-state index contributed by atoms with van der Waals surface area (Å²) in [5.74, 6) is 3.68. The minimum Gasteiger partial charge on any atom is -0.479 e. The molecular weight excluding hydrogens is 327 g/mol. The average molecular weight is 341 g/mol. The van der Waals surface area contributed by atoms with Crippen molar-refractivity contribution in [3.8, 4) is 11.8 Å². The van der Waals surface area contributed by atoms with Gasteiger partial charge in [0.2, 0.25) is 5.91 Å². The van der Waals surface area contributed by atoms with Crippen LogP contribution in [0.5, 0.6) is 0 Å². The zero-order valence-electron chi connectivity index (χ0n) is 12.4. The van der Waals surface area contributed by atoms with Gasteiger partial charge in [0.25, 0.3) is 0 Å². The van der Waals surface area contributed by atoms with Crippen molar-refractivity contribution in [2.24, 2.45) is 0 Å². The molecule has 8 heteroatoms. The van der Waals surface area contributed by atoms with Crippen molar-refractivity contribution in [1.29, 1.82) is 0 Å². The maximum Gasteiger partial charge on any atom is 0.416 e. The van der Waals surface area contributed by atoms with Crippen LogP contribution < -0.4 is 5.32 Å². The van der Waals surface area contributed by atoms with Crippen LogP contribution in [0.25, 0.3) is 0 Å². The van der Waals surface area contributed by atoms with Gasteiger partial charge in [-0.15, -0.1) is 0 Å². The summed E-state index contributed by atoms with van der Waals surface area (Å²) in [7, 11) is 0. The first kappa shape index (κ1) is 17.8. The molecule has 2 atom stereocenters. The molecule has 1 saturated heterocycles. The van der Waals surface area contributed by atoms with Crippen molar-refractivity contribution in [3.05, 3.63) is 35.4 Å². The monoisotopic (exact) mass is 341 g/mol. The average Bonchev–Trinajstić information content (AvgIpc) is 3.01. The minimum absolute atomic E-state index is 0.0164. The third-order valence-electron chi connectivity index (χ3n) is 3.38. The molecule has 0 spiro atoms. The lowest BCUT2D eigenvalue weighted by Crippen LogP contribution is -2.35. The van der Waals surface area contributed by atoms with Gasteiger partial charge >= 0.3 is 12.1 Å². The molecule has 1 fully saturated rings. The number of ether oxygens (including phenoxy) is 1. The number of carbonyl (C=O) groups excluding carboxylic acids is 1. The van der Waals surface area contributed by atoms with Gasteiger partial charge in [0.15, 0.2) is 6.10 Å². The number of hydrogen-bond acceptors (Lipinski definition) is 3. The molecule has 0 aliphatic carbocycles. The molecular formula is C16H14F3NO4. The van der Waals surface area contributed by atoms with Gasteiger partial charge in [-0.1, -0.05) is 11.8 Å². The Kier molecular flexibility index (Phi) is 5.46. The summed E-state index contributed by atoms with van der Waals surface area (Å²) in [6, 6.07) is 4.35. The molecule has 1 aliphatic rings. The first-order valence-corrected chi connectivity index (χ1v) is 7.09. The lowest BCUT2D eigenvalue weighted by atomic mass is 10.1. The van der Waals surface area contributed by atoms with Gasteiger partial charge < -0.3 is 15.2 Å². The van der Waals surface area contributed by atoms with E-state index in [0.29, 0.717) is 12.0 Å². The number of halogens is 3. The number of carboxylic acid groups (broad SMARTS) is 1. The highest BCUT2D eigenvalue weighted by Crippen LogP contribution is 2.28. The second-order valence-electron chi connectivity index (χ2n) is 5.12. The maximum atomic E-state index is 12.4. The quantitative estimate of drug-likeness (QED) is 0.822. The van der Waals surface area contributed by atoms with Gasteiger partial charge in [-0.2, -0.15) is 13.2 Å². The zero-order valence-corrected chi connectivity index (χ0v) is 12.4. The molecule has 0 aromatic heterocycles. The lowest BCUT2D eigenvalue weighted by Gasteiger charge is -2.09. The van der Waals surface area contributed by atoms with Gasteiger partial charge in [-0.05, 0) is 37.1 Å². The van der Waals surface area contributed by atoms with E-state index in [1.54, 1.807) is 0 Å². The third kappa shape index (κ3) is 4.73. The van der Waals surface area contributed by atoms with Crippen LogP contribution in [-0.2, 0) is 20.5 Å². The number of amides is 1. The van der Waals surface area contributed by atoms with E-state index in [1.165, 1.54) is 12.1 Å². The Hall–Kier alpha value is -2.53. The molecule has 24 heavy (non-hydrogen) atoms. The van der Waals surface area contributed by atoms with Crippen LogP contribution in [0.1, 0.15) is 24.0 Å². The van der Waals surface area contributed by atoms with Crippen LogP contribution in [0.2, 0.25) is 0 Å². The number of aliphatic carboxylic acids is 1. The van der Waals surface area contributed by atoms with Crippen LogP contribution in [0, 0.1) is 11.8 Å². The van der Waals surface area contributed by atoms with Crippen LogP contribution >= 0.6 is 0 Å². The van der Waals surface area contributed by atoms with Gasteiger partial charge in [0.1, 0.15) is 6.10 Å². The topological polar surface area (TPSA) is 75.6 Å². The summed E-state index contributed by atoms with van der Waals surface area (Å²) in [5.41, 5.74) is -0.368. The SMILES string of the molecule is O=C(NCC#Cc1ccc(C(F)(F)F)cc1)[C@@H]1CC[C@H](C(=O)O)O1. The number of benzene rings is 1. The molecule has 1 aromatic carbocycles. The number of hydrogen-bond donors (Lipinski definition) is 2. The molecule has 0 bridgehead atoms. The molecule has 0 radical (unpaired) electrons. The molecule has 0 saturated carbocycles. The first-order valence-electron chi connectivity index (χ1n) is 7.09. The Bertz CT molecular complexity index is 673. The molecule has 1 aromatic rings. The molecule has 5 nitrogen and oxygen atoms in total. The Morgan fingerprint density at radius 1 is 1.21 bits per heavy atom. The largest absolute Gasteiger partial charge is 0.479 e.